The van der Waals surface area contributed by atoms with Gasteiger partial charge in [0.2, 0.25) is 17.8 Å². The predicted molar refractivity (Wildman–Crippen MR) is 168 cm³/mol. The highest BCUT2D eigenvalue weighted by Gasteiger charge is 2.37. The number of para-hydroxylation sites is 1. The zero-order chi connectivity index (χ0) is 30.0. The Morgan fingerprint density at radius 2 is 1.63 bits per heavy atom. The number of imide groups is 1. The molecule has 0 radical (unpaired) electrons. The first kappa shape index (κ1) is 30.6. The van der Waals surface area contributed by atoms with Crippen molar-refractivity contribution < 1.29 is 14.3 Å². The third kappa shape index (κ3) is 8.18. The van der Waals surface area contributed by atoms with E-state index in [0.717, 1.165) is 63.7 Å². The Balaban J connectivity index is 0.000000177. The van der Waals surface area contributed by atoms with Crippen LogP contribution in [0, 0.1) is 12.8 Å². The summed E-state index contributed by atoms with van der Waals surface area (Å²) in [5.74, 6) is 2.20. The van der Waals surface area contributed by atoms with Crippen LogP contribution in [0.15, 0.2) is 73.1 Å². The van der Waals surface area contributed by atoms with Crippen molar-refractivity contribution in [3.63, 3.8) is 0 Å². The van der Waals surface area contributed by atoms with Gasteiger partial charge in [0.25, 0.3) is 0 Å². The Kier molecular flexibility index (Phi) is 10.7. The first-order chi connectivity index (χ1) is 21.0. The summed E-state index contributed by atoms with van der Waals surface area (Å²) in [7, 11) is 1.97. The second-order valence-electron chi connectivity index (χ2n) is 11.7. The van der Waals surface area contributed by atoms with E-state index in [9.17, 15) is 9.59 Å². The van der Waals surface area contributed by atoms with E-state index < -0.39 is 0 Å². The minimum atomic E-state index is 0.00756. The number of fused-ring (bicyclic) bond motifs is 1. The normalized spacial score (nSPS) is 21.2. The fourth-order valence-electron chi connectivity index (χ4n) is 6.21. The highest BCUT2D eigenvalue weighted by molar-refractivity contribution is 6.01. The molecule has 9 nitrogen and oxygen atoms in total. The van der Waals surface area contributed by atoms with Gasteiger partial charge in [0.05, 0.1) is 0 Å². The fourth-order valence-corrected chi connectivity index (χ4v) is 6.21. The molecule has 0 saturated carbocycles. The number of aromatic nitrogens is 2. The molecule has 3 aliphatic heterocycles. The molecule has 0 bridgehead atoms. The Morgan fingerprint density at radius 3 is 2.35 bits per heavy atom. The first-order valence-electron chi connectivity index (χ1n) is 15.5. The summed E-state index contributed by atoms with van der Waals surface area (Å²) in [6.07, 6.45) is 7.58. The zero-order valence-corrected chi connectivity index (χ0v) is 25.4. The van der Waals surface area contributed by atoms with E-state index in [-0.39, 0.29) is 17.9 Å². The van der Waals surface area contributed by atoms with Crippen LogP contribution in [0.5, 0.6) is 5.75 Å². The number of hydrogen-bond acceptors (Lipinski definition) is 8. The molecule has 3 fully saturated rings. The van der Waals surface area contributed by atoms with Crippen LogP contribution in [-0.4, -0.2) is 83.9 Å². The second kappa shape index (κ2) is 15.1. The van der Waals surface area contributed by atoms with Crippen molar-refractivity contribution in [1.29, 1.82) is 0 Å². The number of likely N-dealkylation sites (tertiary alicyclic amines) is 1. The molecule has 228 valence electrons. The van der Waals surface area contributed by atoms with Gasteiger partial charge in [0.1, 0.15) is 11.9 Å². The molecule has 2 amide bonds. The molecule has 1 aromatic heterocycles. The van der Waals surface area contributed by atoms with Crippen molar-refractivity contribution in [1.82, 2.24) is 25.1 Å². The number of amides is 2. The standard InChI is InChI=1S/C17H23N5O2.C17H21NO/c23-15-4-5-16(24)22(15)11-13-2-3-14-12-21(9-8-20(14)10-13)17-18-6-1-7-19-17;1-14-8-6-7-11-16(14)19-17(12-13-18-2)15-9-4-3-5-10-15/h1,6-7,13-14H,2-5,8-12H2;3-11,17-18H,12-13H2,1-2H3. The van der Waals surface area contributed by atoms with Crippen molar-refractivity contribution in [2.75, 3.05) is 51.2 Å². The minimum Gasteiger partial charge on any atom is -0.485 e. The summed E-state index contributed by atoms with van der Waals surface area (Å²) in [6.45, 7) is 7.47. The smallest absolute Gasteiger partial charge is 0.229 e. The Morgan fingerprint density at radius 1 is 0.907 bits per heavy atom. The molecule has 3 unspecified atom stereocenters. The molecule has 0 aliphatic carbocycles. The molecule has 4 heterocycles. The molecule has 1 N–H and O–H groups in total. The molecule has 9 heteroatoms. The number of nitrogens with zero attached hydrogens (tertiary/aromatic N) is 5. The van der Waals surface area contributed by atoms with Crippen LogP contribution in [0.4, 0.5) is 5.95 Å². The van der Waals surface area contributed by atoms with E-state index >= 15 is 0 Å². The topological polar surface area (TPSA) is 90.9 Å². The van der Waals surface area contributed by atoms with E-state index in [2.05, 4.69) is 62.3 Å². The Labute approximate surface area is 255 Å². The molecule has 0 spiro atoms. The Hall–Kier alpha value is -3.82. The van der Waals surface area contributed by atoms with Crippen LogP contribution >= 0.6 is 0 Å². The van der Waals surface area contributed by atoms with Gasteiger partial charge in [-0.2, -0.15) is 0 Å². The average molecular weight is 585 g/mol. The number of carbonyl (C=O) groups excluding carboxylic acids is 2. The van der Waals surface area contributed by atoms with Crippen LogP contribution in [0.3, 0.4) is 0 Å². The van der Waals surface area contributed by atoms with Gasteiger partial charge in [-0.15, -0.1) is 0 Å². The molecule has 6 rings (SSSR count). The van der Waals surface area contributed by atoms with Crippen LogP contribution in [0.2, 0.25) is 0 Å². The van der Waals surface area contributed by atoms with Crippen LogP contribution in [-0.2, 0) is 9.59 Å². The second-order valence-corrected chi connectivity index (χ2v) is 11.7. The first-order valence-corrected chi connectivity index (χ1v) is 15.5. The van der Waals surface area contributed by atoms with Crippen LogP contribution in [0.1, 0.15) is 49.3 Å². The number of anilines is 1. The molecule has 3 saturated heterocycles. The SMILES string of the molecule is CNCCC(Oc1ccccc1C)c1ccccc1.O=C1CCC(=O)N1CC1CCC2CN(c3ncccn3)CCN2C1. The van der Waals surface area contributed by atoms with Crippen molar-refractivity contribution >= 4 is 17.8 Å². The van der Waals surface area contributed by atoms with E-state index in [1.165, 1.54) is 16.0 Å². The number of piperazine rings is 1. The number of benzene rings is 2. The number of ether oxygens (including phenoxy) is 1. The monoisotopic (exact) mass is 584 g/mol. The number of aryl methyl sites for hydroxylation is 1. The maximum Gasteiger partial charge on any atom is 0.229 e. The zero-order valence-electron chi connectivity index (χ0n) is 25.4. The molecular weight excluding hydrogens is 540 g/mol. The molecule has 2 aromatic carbocycles. The van der Waals surface area contributed by atoms with Crippen molar-refractivity contribution in [2.45, 2.75) is 51.2 Å². The number of rotatable bonds is 9. The van der Waals surface area contributed by atoms with E-state index in [4.69, 9.17) is 4.74 Å². The van der Waals surface area contributed by atoms with Crippen LogP contribution in [0.25, 0.3) is 0 Å². The predicted octanol–water partition coefficient (Wildman–Crippen LogP) is 4.25. The molecule has 3 aliphatic rings. The number of hydrogen-bond donors (Lipinski definition) is 1. The maximum absolute atomic E-state index is 11.8. The summed E-state index contributed by atoms with van der Waals surface area (Å²) in [5, 5.41) is 3.19. The van der Waals surface area contributed by atoms with Crippen molar-refractivity contribution in [2.24, 2.45) is 5.92 Å². The highest BCUT2D eigenvalue weighted by atomic mass is 16.5. The number of nitrogens with one attached hydrogen (secondary N) is 1. The van der Waals surface area contributed by atoms with Gasteiger partial charge in [0.15, 0.2) is 0 Å². The lowest BCUT2D eigenvalue weighted by Gasteiger charge is -2.46. The summed E-state index contributed by atoms with van der Waals surface area (Å²) in [6, 6.07) is 20.9. The Bertz CT molecular complexity index is 1310. The van der Waals surface area contributed by atoms with Gasteiger partial charge in [-0.1, -0.05) is 48.5 Å². The summed E-state index contributed by atoms with van der Waals surface area (Å²) < 4.78 is 6.19. The molecule has 43 heavy (non-hydrogen) atoms. The van der Waals surface area contributed by atoms with E-state index in [0.29, 0.717) is 31.3 Å². The van der Waals surface area contributed by atoms with Crippen molar-refractivity contribution in [3.05, 3.63) is 84.2 Å². The average Bonchev–Trinajstić information content (AvgIpc) is 3.37. The lowest BCUT2D eigenvalue weighted by Crippen LogP contribution is -2.57. The minimum absolute atomic E-state index is 0.00756. The maximum atomic E-state index is 11.8. The molecule has 3 aromatic rings. The van der Waals surface area contributed by atoms with E-state index in [1.807, 2.05) is 37.4 Å². The van der Waals surface area contributed by atoms with Gasteiger partial charge in [-0.3, -0.25) is 19.4 Å². The third-order valence-corrected chi connectivity index (χ3v) is 8.63. The lowest BCUT2D eigenvalue weighted by molar-refractivity contribution is -0.139. The van der Waals surface area contributed by atoms with Crippen molar-refractivity contribution in [3.8, 4) is 5.75 Å². The lowest BCUT2D eigenvalue weighted by atomic mass is 9.90. The van der Waals surface area contributed by atoms with E-state index in [1.54, 1.807) is 12.4 Å². The van der Waals surface area contributed by atoms with Gasteiger partial charge >= 0.3 is 0 Å². The summed E-state index contributed by atoms with van der Waals surface area (Å²) >= 11 is 0. The van der Waals surface area contributed by atoms with Gasteiger partial charge in [0, 0.05) is 70.4 Å². The van der Waals surface area contributed by atoms with Gasteiger partial charge in [-0.25, -0.2) is 9.97 Å². The number of carbonyl (C=O) groups is 2. The van der Waals surface area contributed by atoms with Gasteiger partial charge in [-0.05, 0) is 62.5 Å². The molecular formula is C34H44N6O3. The summed E-state index contributed by atoms with van der Waals surface area (Å²) in [5.41, 5.74) is 2.40. The van der Waals surface area contributed by atoms with Gasteiger partial charge < -0.3 is 15.0 Å². The third-order valence-electron chi connectivity index (χ3n) is 8.63. The number of piperidine rings is 1. The summed E-state index contributed by atoms with van der Waals surface area (Å²) in [4.78, 5) is 38.6. The molecule has 3 atom stereocenters. The van der Waals surface area contributed by atoms with Crippen LogP contribution < -0.4 is 15.0 Å². The largest absolute Gasteiger partial charge is 0.485 e. The quantitative estimate of drug-likeness (QED) is 0.374. The fraction of sp³-hybridized carbons (Fsp3) is 0.471. The highest BCUT2D eigenvalue weighted by Crippen LogP contribution is 2.29.